The lowest BCUT2D eigenvalue weighted by atomic mass is 10.1. The Bertz CT molecular complexity index is 645. The molecule has 1 N–H and O–H groups in total. The van der Waals surface area contributed by atoms with E-state index < -0.39 is 0 Å². The summed E-state index contributed by atoms with van der Waals surface area (Å²) < 4.78 is 4.95. The SMILES string of the molecule is COc1ccc(/C=C\C(=O)c2ccc(Cl)cc2)cc1O. The Morgan fingerprint density at radius 3 is 2.50 bits per heavy atom. The largest absolute Gasteiger partial charge is 0.504 e. The summed E-state index contributed by atoms with van der Waals surface area (Å²) in [4.78, 5) is 11.9. The Morgan fingerprint density at radius 2 is 1.90 bits per heavy atom. The monoisotopic (exact) mass is 288 g/mol. The fraction of sp³-hybridized carbons (Fsp3) is 0.0625. The van der Waals surface area contributed by atoms with Gasteiger partial charge in [-0.25, -0.2) is 0 Å². The summed E-state index contributed by atoms with van der Waals surface area (Å²) in [5.74, 6) is 0.303. The molecule has 2 rings (SSSR count). The zero-order valence-electron chi connectivity index (χ0n) is 10.8. The van der Waals surface area contributed by atoms with Crippen molar-refractivity contribution in [3.05, 3.63) is 64.7 Å². The van der Waals surface area contributed by atoms with Crippen molar-refractivity contribution < 1.29 is 14.6 Å². The molecule has 0 heterocycles. The number of phenols is 1. The molecule has 4 heteroatoms. The fourth-order valence-electron chi connectivity index (χ4n) is 1.69. The number of carbonyl (C=O) groups excluding carboxylic acids is 1. The average Bonchev–Trinajstić information content (AvgIpc) is 2.45. The molecule has 0 unspecified atom stereocenters. The van der Waals surface area contributed by atoms with Gasteiger partial charge in [-0.15, -0.1) is 0 Å². The van der Waals surface area contributed by atoms with Crippen LogP contribution in [0, 0.1) is 0 Å². The minimum atomic E-state index is -0.128. The normalized spacial score (nSPS) is 10.7. The van der Waals surface area contributed by atoms with E-state index in [0.717, 1.165) is 0 Å². The molecule has 0 radical (unpaired) electrons. The number of phenolic OH excluding ortho intramolecular Hbond substituents is 1. The number of benzene rings is 2. The van der Waals surface area contributed by atoms with Crippen LogP contribution in [0.4, 0.5) is 0 Å². The van der Waals surface area contributed by atoms with Crippen LogP contribution in [0.1, 0.15) is 15.9 Å². The Morgan fingerprint density at radius 1 is 1.20 bits per heavy atom. The van der Waals surface area contributed by atoms with Crippen molar-refractivity contribution >= 4 is 23.5 Å². The molecule has 0 aliphatic rings. The van der Waals surface area contributed by atoms with Gasteiger partial charge >= 0.3 is 0 Å². The number of hydrogen-bond acceptors (Lipinski definition) is 3. The van der Waals surface area contributed by atoms with Crippen LogP contribution in [0.2, 0.25) is 5.02 Å². The second kappa shape index (κ2) is 6.26. The first-order valence-electron chi connectivity index (χ1n) is 5.95. The van der Waals surface area contributed by atoms with E-state index in [4.69, 9.17) is 16.3 Å². The molecule has 0 saturated carbocycles. The predicted molar refractivity (Wildman–Crippen MR) is 79.5 cm³/mol. The number of aromatic hydroxyl groups is 1. The second-order valence-corrected chi connectivity index (χ2v) is 4.57. The maximum atomic E-state index is 11.9. The minimum Gasteiger partial charge on any atom is -0.504 e. The van der Waals surface area contributed by atoms with Crippen molar-refractivity contribution in [3.8, 4) is 11.5 Å². The number of halogens is 1. The summed E-state index contributed by atoms with van der Waals surface area (Å²) in [6.07, 6.45) is 3.08. The van der Waals surface area contributed by atoms with E-state index in [1.807, 2.05) is 0 Å². The van der Waals surface area contributed by atoms with Gasteiger partial charge in [-0.2, -0.15) is 0 Å². The van der Waals surface area contributed by atoms with Gasteiger partial charge in [0, 0.05) is 10.6 Å². The highest BCUT2D eigenvalue weighted by Crippen LogP contribution is 2.26. The van der Waals surface area contributed by atoms with Crippen LogP contribution in [-0.2, 0) is 0 Å². The molecule has 0 saturated heterocycles. The first kappa shape index (κ1) is 14.2. The topological polar surface area (TPSA) is 46.5 Å². The molecular formula is C16H13ClO3. The van der Waals surface area contributed by atoms with Crippen molar-refractivity contribution in [1.82, 2.24) is 0 Å². The predicted octanol–water partition coefficient (Wildman–Crippen LogP) is 3.95. The third kappa shape index (κ3) is 3.39. The number of hydrogen-bond donors (Lipinski definition) is 1. The molecule has 0 amide bonds. The van der Waals surface area contributed by atoms with Crippen LogP contribution >= 0.6 is 11.6 Å². The quantitative estimate of drug-likeness (QED) is 0.684. The van der Waals surface area contributed by atoms with E-state index in [9.17, 15) is 9.90 Å². The highest BCUT2D eigenvalue weighted by atomic mass is 35.5. The summed E-state index contributed by atoms with van der Waals surface area (Å²) in [6, 6.07) is 11.6. The second-order valence-electron chi connectivity index (χ2n) is 4.14. The van der Waals surface area contributed by atoms with Gasteiger partial charge in [-0.1, -0.05) is 23.7 Å². The van der Waals surface area contributed by atoms with Crippen LogP contribution in [-0.4, -0.2) is 18.0 Å². The summed E-state index contributed by atoms with van der Waals surface area (Å²) in [7, 11) is 1.48. The van der Waals surface area contributed by atoms with Crippen molar-refractivity contribution in [2.45, 2.75) is 0 Å². The van der Waals surface area contributed by atoms with Gasteiger partial charge in [-0.05, 0) is 48.0 Å². The van der Waals surface area contributed by atoms with Crippen molar-refractivity contribution in [2.75, 3.05) is 7.11 Å². The van der Waals surface area contributed by atoms with Crippen LogP contribution in [0.5, 0.6) is 11.5 Å². The van der Waals surface area contributed by atoms with Gasteiger partial charge < -0.3 is 9.84 Å². The van der Waals surface area contributed by atoms with E-state index in [-0.39, 0.29) is 11.5 Å². The molecule has 2 aromatic carbocycles. The molecule has 0 spiro atoms. The zero-order chi connectivity index (χ0) is 14.5. The molecule has 3 nitrogen and oxygen atoms in total. The van der Waals surface area contributed by atoms with E-state index in [1.165, 1.54) is 19.3 Å². The molecule has 0 fully saturated rings. The van der Waals surface area contributed by atoms with Gasteiger partial charge in [0.05, 0.1) is 7.11 Å². The molecule has 0 atom stereocenters. The lowest BCUT2D eigenvalue weighted by Crippen LogP contribution is -1.93. The van der Waals surface area contributed by atoms with E-state index in [0.29, 0.717) is 21.9 Å². The maximum absolute atomic E-state index is 11.9. The molecule has 102 valence electrons. The lowest BCUT2D eigenvalue weighted by Gasteiger charge is -2.03. The lowest BCUT2D eigenvalue weighted by molar-refractivity contribution is 0.104. The number of ether oxygens (including phenoxy) is 1. The van der Waals surface area contributed by atoms with Gasteiger partial charge in [0.25, 0.3) is 0 Å². The van der Waals surface area contributed by atoms with Crippen molar-refractivity contribution in [1.29, 1.82) is 0 Å². The molecule has 0 aliphatic heterocycles. The number of allylic oxidation sites excluding steroid dienone is 1. The summed E-state index contributed by atoms with van der Waals surface area (Å²) in [5.41, 5.74) is 1.27. The molecule has 20 heavy (non-hydrogen) atoms. The first-order chi connectivity index (χ1) is 9.60. The van der Waals surface area contributed by atoms with E-state index in [1.54, 1.807) is 42.5 Å². The number of ketones is 1. The zero-order valence-corrected chi connectivity index (χ0v) is 11.6. The third-order valence-electron chi connectivity index (χ3n) is 2.76. The highest BCUT2D eigenvalue weighted by molar-refractivity contribution is 6.30. The van der Waals surface area contributed by atoms with Crippen LogP contribution < -0.4 is 4.74 Å². The van der Waals surface area contributed by atoms with Gasteiger partial charge in [0.2, 0.25) is 0 Å². The number of rotatable bonds is 4. The third-order valence-corrected chi connectivity index (χ3v) is 3.01. The molecular weight excluding hydrogens is 276 g/mol. The Hall–Kier alpha value is -2.26. The summed E-state index contributed by atoms with van der Waals surface area (Å²) >= 11 is 5.77. The van der Waals surface area contributed by atoms with Crippen molar-refractivity contribution in [3.63, 3.8) is 0 Å². The Labute approximate surface area is 122 Å². The number of methoxy groups -OCH3 is 1. The van der Waals surface area contributed by atoms with E-state index >= 15 is 0 Å². The minimum absolute atomic E-state index is 0.0357. The summed E-state index contributed by atoms with van der Waals surface area (Å²) in [5, 5.41) is 10.2. The first-order valence-corrected chi connectivity index (χ1v) is 6.33. The smallest absolute Gasteiger partial charge is 0.185 e. The van der Waals surface area contributed by atoms with Crippen LogP contribution in [0.25, 0.3) is 6.08 Å². The molecule has 2 aromatic rings. The average molecular weight is 289 g/mol. The standard InChI is InChI=1S/C16H13ClO3/c1-20-16-9-3-11(10-15(16)19)2-8-14(18)12-4-6-13(17)7-5-12/h2-10,19H,1H3/b8-2-. The molecule has 0 aliphatic carbocycles. The van der Waals surface area contributed by atoms with E-state index in [2.05, 4.69) is 0 Å². The van der Waals surface area contributed by atoms with Gasteiger partial charge in [0.1, 0.15) is 0 Å². The Kier molecular flexibility index (Phi) is 4.43. The fourth-order valence-corrected chi connectivity index (χ4v) is 1.82. The van der Waals surface area contributed by atoms with Gasteiger partial charge in [-0.3, -0.25) is 4.79 Å². The number of carbonyl (C=O) groups is 1. The summed E-state index contributed by atoms with van der Waals surface area (Å²) in [6.45, 7) is 0. The van der Waals surface area contributed by atoms with Crippen LogP contribution in [0.3, 0.4) is 0 Å². The highest BCUT2D eigenvalue weighted by Gasteiger charge is 2.03. The maximum Gasteiger partial charge on any atom is 0.185 e. The van der Waals surface area contributed by atoms with Crippen molar-refractivity contribution in [2.24, 2.45) is 0 Å². The molecule has 0 bridgehead atoms. The molecule has 0 aromatic heterocycles. The van der Waals surface area contributed by atoms with Gasteiger partial charge in [0.15, 0.2) is 17.3 Å². The van der Waals surface area contributed by atoms with Crippen LogP contribution in [0.15, 0.2) is 48.5 Å². The Balaban J connectivity index is 2.14.